The van der Waals surface area contributed by atoms with Crippen molar-refractivity contribution < 1.29 is 9.53 Å². The zero-order valence-corrected chi connectivity index (χ0v) is 10.6. The first-order valence-corrected chi connectivity index (χ1v) is 5.89. The predicted octanol–water partition coefficient (Wildman–Crippen LogP) is 1.56. The number of benzene rings is 1. The molecule has 3 N–H and O–H groups in total. The normalized spacial score (nSPS) is 10.5. The van der Waals surface area contributed by atoms with Gasteiger partial charge in [0.15, 0.2) is 0 Å². The Hall–Kier alpha value is -1.10. The second-order valence-corrected chi connectivity index (χ2v) is 3.98. The highest BCUT2D eigenvalue weighted by atomic mass is 35.5. The van der Waals surface area contributed by atoms with E-state index >= 15 is 0 Å². The maximum atomic E-state index is 10.9. The minimum Gasteiger partial charge on any atom is -0.375 e. The summed E-state index contributed by atoms with van der Waals surface area (Å²) in [6.45, 7) is 4.84. The molecule has 5 heteroatoms. The van der Waals surface area contributed by atoms with Gasteiger partial charge in [-0.15, -0.1) is 0 Å². The van der Waals surface area contributed by atoms with Crippen molar-refractivity contribution in [2.45, 2.75) is 13.5 Å². The summed E-state index contributed by atoms with van der Waals surface area (Å²) in [7, 11) is 0. The van der Waals surface area contributed by atoms with Crippen LogP contribution in [0.1, 0.15) is 22.8 Å². The van der Waals surface area contributed by atoms with Crippen LogP contribution in [0.25, 0.3) is 0 Å². The standard InChI is InChI=1S/C12H17ClN2O2/c1-2-15-5-6-17-8-10-4-3-9(12(14)16)7-11(10)13/h3-4,7,15H,2,5-6,8H2,1H3,(H2,14,16). The lowest BCUT2D eigenvalue weighted by Crippen LogP contribution is -2.18. The lowest BCUT2D eigenvalue weighted by molar-refractivity contribution is 0.1000. The third kappa shape index (κ3) is 4.73. The number of rotatable bonds is 7. The fourth-order valence-corrected chi connectivity index (χ4v) is 1.56. The smallest absolute Gasteiger partial charge is 0.248 e. The van der Waals surface area contributed by atoms with Crippen LogP contribution in [-0.4, -0.2) is 25.6 Å². The van der Waals surface area contributed by atoms with Crippen molar-refractivity contribution in [2.24, 2.45) is 5.73 Å². The first-order chi connectivity index (χ1) is 8.15. The molecule has 0 aliphatic heterocycles. The number of halogens is 1. The summed E-state index contributed by atoms with van der Waals surface area (Å²) in [5.41, 5.74) is 6.41. The minimum absolute atomic E-state index is 0.409. The third-order valence-corrected chi connectivity index (χ3v) is 2.62. The van der Waals surface area contributed by atoms with Gasteiger partial charge in [-0.25, -0.2) is 0 Å². The molecular weight excluding hydrogens is 240 g/mol. The molecule has 0 bridgehead atoms. The highest BCUT2D eigenvalue weighted by molar-refractivity contribution is 6.31. The van der Waals surface area contributed by atoms with Gasteiger partial charge in [-0.1, -0.05) is 24.6 Å². The van der Waals surface area contributed by atoms with E-state index in [2.05, 4.69) is 5.32 Å². The van der Waals surface area contributed by atoms with Gasteiger partial charge < -0.3 is 15.8 Å². The van der Waals surface area contributed by atoms with Crippen molar-refractivity contribution in [3.63, 3.8) is 0 Å². The Morgan fingerprint density at radius 2 is 2.29 bits per heavy atom. The molecule has 4 nitrogen and oxygen atoms in total. The van der Waals surface area contributed by atoms with E-state index in [0.717, 1.165) is 18.7 Å². The number of likely N-dealkylation sites (N-methyl/N-ethyl adjacent to an activating group) is 1. The maximum Gasteiger partial charge on any atom is 0.248 e. The second kappa shape index (κ2) is 7.27. The molecule has 0 aromatic heterocycles. The zero-order chi connectivity index (χ0) is 12.7. The van der Waals surface area contributed by atoms with E-state index in [1.54, 1.807) is 18.2 Å². The van der Waals surface area contributed by atoms with Crippen LogP contribution < -0.4 is 11.1 Å². The Kier molecular flexibility index (Phi) is 5.97. The molecule has 0 spiro atoms. The summed E-state index contributed by atoms with van der Waals surface area (Å²) in [4.78, 5) is 10.9. The van der Waals surface area contributed by atoms with Crippen LogP contribution in [-0.2, 0) is 11.3 Å². The molecule has 1 aromatic carbocycles. The molecule has 1 aromatic rings. The summed E-state index contributed by atoms with van der Waals surface area (Å²) in [6, 6.07) is 4.97. The van der Waals surface area contributed by atoms with Gasteiger partial charge in [-0.3, -0.25) is 4.79 Å². The van der Waals surface area contributed by atoms with E-state index in [1.165, 1.54) is 0 Å². The Morgan fingerprint density at radius 1 is 1.53 bits per heavy atom. The Balaban J connectivity index is 2.46. The minimum atomic E-state index is -0.480. The molecule has 0 unspecified atom stereocenters. The largest absolute Gasteiger partial charge is 0.375 e. The molecule has 1 amide bonds. The van der Waals surface area contributed by atoms with Gasteiger partial charge in [-0.2, -0.15) is 0 Å². The fraction of sp³-hybridized carbons (Fsp3) is 0.417. The van der Waals surface area contributed by atoms with E-state index in [0.29, 0.717) is 23.8 Å². The molecule has 0 radical (unpaired) electrons. The van der Waals surface area contributed by atoms with Gasteiger partial charge in [0, 0.05) is 17.1 Å². The molecule has 94 valence electrons. The summed E-state index contributed by atoms with van der Waals surface area (Å²) < 4.78 is 5.44. The van der Waals surface area contributed by atoms with Crippen LogP contribution in [0.2, 0.25) is 5.02 Å². The number of amides is 1. The van der Waals surface area contributed by atoms with E-state index < -0.39 is 5.91 Å². The second-order valence-electron chi connectivity index (χ2n) is 3.58. The zero-order valence-electron chi connectivity index (χ0n) is 9.83. The number of primary amides is 1. The SMILES string of the molecule is CCNCCOCc1ccc(C(N)=O)cc1Cl. The van der Waals surface area contributed by atoms with Gasteiger partial charge in [0.1, 0.15) is 0 Å². The average Bonchev–Trinajstić information content (AvgIpc) is 2.30. The van der Waals surface area contributed by atoms with E-state index in [1.807, 2.05) is 6.92 Å². The van der Waals surface area contributed by atoms with Crippen molar-refractivity contribution >= 4 is 17.5 Å². The van der Waals surface area contributed by atoms with Crippen LogP contribution in [0.5, 0.6) is 0 Å². The Bertz CT molecular complexity index is 383. The summed E-state index contributed by atoms with van der Waals surface area (Å²) in [5.74, 6) is -0.480. The van der Waals surface area contributed by atoms with Crippen LogP contribution in [0, 0.1) is 0 Å². The number of nitrogens with two attached hydrogens (primary N) is 1. The molecule has 0 saturated heterocycles. The monoisotopic (exact) mass is 256 g/mol. The summed E-state index contributed by atoms with van der Waals surface area (Å²) >= 11 is 6.01. The van der Waals surface area contributed by atoms with Gasteiger partial charge in [0.2, 0.25) is 5.91 Å². The predicted molar refractivity (Wildman–Crippen MR) is 68.2 cm³/mol. The Labute approximate surface area is 106 Å². The van der Waals surface area contributed by atoms with Gasteiger partial charge in [-0.05, 0) is 24.2 Å². The first-order valence-electron chi connectivity index (χ1n) is 5.51. The molecule has 0 aliphatic rings. The van der Waals surface area contributed by atoms with Crippen molar-refractivity contribution in [3.8, 4) is 0 Å². The third-order valence-electron chi connectivity index (χ3n) is 2.27. The highest BCUT2D eigenvalue weighted by Crippen LogP contribution is 2.18. The quantitative estimate of drug-likeness (QED) is 0.728. The number of carbonyl (C=O) groups is 1. The molecule has 0 saturated carbocycles. The summed E-state index contributed by atoms with van der Waals surface area (Å²) in [6.07, 6.45) is 0. The highest BCUT2D eigenvalue weighted by Gasteiger charge is 2.05. The van der Waals surface area contributed by atoms with Crippen molar-refractivity contribution in [3.05, 3.63) is 34.3 Å². The van der Waals surface area contributed by atoms with Crippen LogP contribution >= 0.6 is 11.6 Å². The van der Waals surface area contributed by atoms with E-state index in [9.17, 15) is 4.79 Å². The molecule has 1 rings (SSSR count). The fourth-order valence-electron chi connectivity index (χ4n) is 1.32. The van der Waals surface area contributed by atoms with Crippen LogP contribution in [0.4, 0.5) is 0 Å². The lowest BCUT2D eigenvalue weighted by Gasteiger charge is -2.07. The summed E-state index contributed by atoms with van der Waals surface area (Å²) in [5, 5.41) is 3.66. The van der Waals surface area contributed by atoms with E-state index in [-0.39, 0.29) is 0 Å². The van der Waals surface area contributed by atoms with E-state index in [4.69, 9.17) is 22.1 Å². The maximum absolute atomic E-state index is 10.9. The molecular formula is C12H17ClN2O2. The van der Waals surface area contributed by atoms with Crippen molar-refractivity contribution in [1.82, 2.24) is 5.32 Å². The van der Waals surface area contributed by atoms with Crippen molar-refractivity contribution in [2.75, 3.05) is 19.7 Å². The molecule has 17 heavy (non-hydrogen) atoms. The first kappa shape index (κ1) is 14.0. The number of carbonyl (C=O) groups excluding carboxylic acids is 1. The van der Waals surface area contributed by atoms with Gasteiger partial charge in [0.05, 0.1) is 13.2 Å². The number of ether oxygens (including phenoxy) is 1. The van der Waals surface area contributed by atoms with Gasteiger partial charge >= 0.3 is 0 Å². The number of hydrogen-bond acceptors (Lipinski definition) is 3. The molecule has 0 atom stereocenters. The number of hydrogen-bond donors (Lipinski definition) is 2. The average molecular weight is 257 g/mol. The van der Waals surface area contributed by atoms with Crippen molar-refractivity contribution in [1.29, 1.82) is 0 Å². The molecule has 0 heterocycles. The number of nitrogens with one attached hydrogen (secondary N) is 1. The molecule has 0 aliphatic carbocycles. The van der Waals surface area contributed by atoms with Crippen LogP contribution in [0.15, 0.2) is 18.2 Å². The van der Waals surface area contributed by atoms with Crippen LogP contribution in [0.3, 0.4) is 0 Å². The Morgan fingerprint density at radius 3 is 2.88 bits per heavy atom. The lowest BCUT2D eigenvalue weighted by atomic mass is 10.1. The topological polar surface area (TPSA) is 64.3 Å². The van der Waals surface area contributed by atoms with Gasteiger partial charge in [0.25, 0.3) is 0 Å². The molecule has 0 fully saturated rings.